The molecule has 1 amide bonds. The van der Waals surface area contributed by atoms with E-state index in [1.807, 2.05) is 44.3 Å². The van der Waals surface area contributed by atoms with Gasteiger partial charge in [-0.15, -0.1) is 0 Å². The first kappa shape index (κ1) is 19.6. The van der Waals surface area contributed by atoms with Crippen LogP contribution in [0.5, 0.6) is 0 Å². The smallest absolute Gasteiger partial charge is 0.256 e. The summed E-state index contributed by atoms with van der Waals surface area (Å²) in [5.74, 6) is 0.338. The Labute approximate surface area is 180 Å². The molecule has 3 aromatic heterocycles. The Morgan fingerprint density at radius 1 is 1.10 bits per heavy atom. The predicted octanol–water partition coefficient (Wildman–Crippen LogP) is 4.53. The zero-order valence-corrected chi connectivity index (χ0v) is 18.1. The molecule has 4 heterocycles. The highest BCUT2D eigenvalue weighted by Crippen LogP contribution is 2.31. The molecule has 1 aromatic carbocycles. The first-order valence-corrected chi connectivity index (χ1v) is 10.7. The van der Waals surface area contributed by atoms with Gasteiger partial charge in [0, 0.05) is 45.7 Å². The minimum Gasteiger partial charge on any atom is -0.357 e. The van der Waals surface area contributed by atoms with Gasteiger partial charge in [0.25, 0.3) is 5.91 Å². The van der Waals surface area contributed by atoms with Gasteiger partial charge in [-0.1, -0.05) is 12.5 Å². The Bertz CT molecular complexity index is 1290. The summed E-state index contributed by atoms with van der Waals surface area (Å²) in [7, 11) is 2.18. The number of aromatic amines is 1. The van der Waals surface area contributed by atoms with Gasteiger partial charge in [0.15, 0.2) is 0 Å². The lowest BCUT2D eigenvalue weighted by atomic mass is 10.0. The summed E-state index contributed by atoms with van der Waals surface area (Å²) in [6.45, 7) is 4.94. The van der Waals surface area contributed by atoms with Gasteiger partial charge in [-0.25, -0.2) is 4.98 Å². The molecule has 158 valence electrons. The summed E-state index contributed by atoms with van der Waals surface area (Å²) in [4.78, 5) is 23.3. The Morgan fingerprint density at radius 2 is 1.90 bits per heavy atom. The molecule has 1 saturated heterocycles. The molecule has 31 heavy (non-hydrogen) atoms. The van der Waals surface area contributed by atoms with E-state index < -0.39 is 0 Å². The molecule has 5 rings (SSSR count). The number of carbonyl (C=O) groups is 1. The van der Waals surface area contributed by atoms with Gasteiger partial charge >= 0.3 is 0 Å². The van der Waals surface area contributed by atoms with E-state index in [4.69, 9.17) is 0 Å². The van der Waals surface area contributed by atoms with Crippen LogP contribution < -0.4 is 5.32 Å². The van der Waals surface area contributed by atoms with Gasteiger partial charge in [0.05, 0.1) is 16.9 Å². The largest absolute Gasteiger partial charge is 0.357 e. The number of aryl methyl sites for hydroxylation is 2. The highest BCUT2D eigenvalue weighted by atomic mass is 16.1. The number of nitrogens with zero attached hydrogens (tertiary/aromatic N) is 4. The molecule has 0 spiro atoms. The van der Waals surface area contributed by atoms with Gasteiger partial charge in [-0.05, 0) is 58.5 Å². The van der Waals surface area contributed by atoms with Crippen molar-refractivity contribution in [1.82, 2.24) is 25.1 Å². The van der Waals surface area contributed by atoms with Crippen LogP contribution in [0.2, 0.25) is 0 Å². The van der Waals surface area contributed by atoms with Crippen molar-refractivity contribution in [2.45, 2.75) is 39.2 Å². The summed E-state index contributed by atoms with van der Waals surface area (Å²) in [5, 5.41) is 14.3. The Kier molecular flexibility index (Phi) is 4.90. The van der Waals surface area contributed by atoms with Crippen molar-refractivity contribution < 1.29 is 4.79 Å². The van der Waals surface area contributed by atoms with Crippen LogP contribution in [-0.2, 0) is 0 Å². The fourth-order valence-electron chi connectivity index (χ4n) is 4.51. The van der Waals surface area contributed by atoms with Crippen LogP contribution in [0.1, 0.15) is 52.7 Å². The summed E-state index contributed by atoms with van der Waals surface area (Å²) in [6, 6.07) is 10.1. The molecule has 0 saturated carbocycles. The third-order valence-electron chi connectivity index (χ3n) is 6.31. The zero-order chi connectivity index (χ0) is 21.5. The third-order valence-corrected chi connectivity index (χ3v) is 6.31. The number of hydrogen-bond donors (Lipinski definition) is 2. The SMILES string of the molecule is Cc1nnc(C)c2cc(C(=O)Nc3cc4[nH]c([C@H]5CCCCN5C)cc4cn3)ccc12. The van der Waals surface area contributed by atoms with Crippen LogP contribution in [0.25, 0.3) is 21.7 Å². The highest BCUT2D eigenvalue weighted by Gasteiger charge is 2.22. The van der Waals surface area contributed by atoms with Crippen molar-refractivity contribution in [3.8, 4) is 0 Å². The lowest BCUT2D eigenvalue weighted by Gasteiger charge is -2.31. The normalized spacial score (nSPS) is 17.3. The van der Waals surface area contributed by atoms with Gasteiger partial charge in [-0.3, -0.25) is 9.69 Å². The molecular formula is C24H26N6O. The van der Waals surface area contributed by atoms with Crippen molar-refractivity contribution in [1.29, 1.82) is 0 Å². The second-order valence-corrected chi connectivity index (χ2v) is 8.46. The van der Waals surface area contributed by atoms with Gasteiger partial charge in [0.2, 0.25) is 0 Å². The minimum absolute atomic E-state index is 0.193. The number of aromatic nitrogens is 4. The second kappa shape index (κ2) is 7.74. The van der Waals surface area contributed by atoms with Crippen LogP contribution in [0.15, 0.2) is 36.5 Å². The lowest BCUT2D eigenvalue weighted by molar-refractivity contribution is 0.102. The molecule has 7 heteroatoms. The molecule has 1 aliphatic heterocycles. The van der Waals surface area contributed by atoms with E-state index in [9.17, 15) is 4.79 Å². The molecule has 1 aliphatic rings. The van der Waals surface area contributed by atoms with E-state index >= 15 is 0 Å². The fraction of sp³-hybridized carbons (Fsp3) is 0.333. The number of amides is 1. The molecule has 0 radical (unpaired) electrons. The van der Waals surface area contributed by atoms with Gasteiger partial charge < -0.3 is 10.3 Å². The lowest BCUT2D eigenvalue weighted by Crippen LogP contribution is -2.29. The van der Waals surface area contributed by atoms with E-state index in [-0.39, 0.29) is 5.91 Å². The first-order chi connectivity index (χ1) is 15.0. The first-order valence-electron chi connectivity index (χ1n) is 10.7. The van der Waals surface area contributed by atoms with Crippen molar-refractivity contribution in [2.24, 2.45) is 0 Å². The predicted molar refractivity (Wildman–Crippen MR) is 122 cm³/mol. The average molecular weight is 415 g/mol. The third kappa shape index (κ3) is 3.65. The van der Waals surface area contributed by atoms with Crippen LogP contribution >= 0.6 is 0 Å². The number of fused-ring (bicyclic) bond motifs is 2. The van der Waals surface area contributed by atoms with Crippen molar-refractivity contribution >= 4 is 33.4 Å². The summed E-state index contributed by atoms with van der Waals surface area (Å²) < 4.78 is 0. The molecule has 0 aliphatic carbocycles. The van der Waals surface area contributed by atoms with E-state index in [0.717, 1.165) is 46.0 Å². The zero-order valence-electron chi connectivity index (χ0n) is 18.1. The highest BCUT2D eigenvalue weighted by molar-refractivity contribution is 6.06. The Hall–Kier alpha value is -3.32. The van der Waals surface area contributed by atoms with E-state index in [1.54, 1.807) is 0 Å². The number of rotatable bonds is 3. The van der Waals surface area contributed by atoms with Crippen LogP contribution in [-0.4, -0.2) is 44.6 Å². The maximum absolute atomic E-state index is 12.9. The standard InChI is InChI=1S/C24H26N6O/c1-14-18-8-7-16(10-19(18)15(2)29-28-14)24(31)27-23-12-20-17(13-25-23)11-21(26-20)22-6-4-5-9-30(22)3/h7-8,10-13,22,26H,4-6,9H2,1-3H3,(H,25,27,31)/t22-/m1/s1. The van der Waals surface area contributed by atoms with E-state index in [2.05, 4.69) is 43.5 Å². The van der Waals surface area contributed by atoms with Gasteiger partial charge in [-0.2, -0.15) is 10.2 Å². The number of H-pyrrole nitrogens is 1. The number of piperidine rings is 1. The van der Waals surface area contributed by atoms with Crippen molar-refractivity contribution in [3.63, 3.8) is 0 Å². The van der Waals surface area contributed by atoms with Crippen molar-refractivity contribution in [2.75, 3.05) is 18.9 Å². The quantitative estimate of drug-likeness (QED) is 0.514. The van der Waals surface area contributed by atoms with E-state index in [0.29, 0.717) is 17.4 Å². The topological polar surface area (TPSA) is 86.8 Å². The molecule has 4 aromatic rings. The Morgan fingerprint density at radius 3 is 2.71 bits per heavy atom. The van der Waals surface area contributed by atoms with Crippen LogP contribution in [0.4, 0.5) is 5.82 Å². The van der Waals surface area contributed by atoms with Crippen molar-refractivity contribution in [3.05, 3.63) is 59.2 Å². The maximum Gasteiger partial charge on any atom is 0.256 e. The average Bonchev–Trinajstić information content (AvgIpc) is 3.19. The number of carbonyl (C=O) groups excluding carboxylic acids is 1. The van der Waals surface area contributed by atoms with Crippen LogP contribution in [0.3, 0.4) is 0 Å². The minimum atomic E-state index is -0.193. The number of hydrogen-bond acceptors (Lipinski definition) is 5. The molecule has 0 unspecified atom stereocenters. The van der Waals surface area contributed by atoms with Crippen LogP contribution in [0, 0.1) is 13.8 Å². The second-order valence-electron chi connectivity index (χ2n) is 8.46. The fourth-order valence-corrected chi connectivity index (χ4v) is 4.51. The number of pyridine rings is 1. The van der Waals surface area contributed by atoms with E-state index in [1.165, 1.54) is 18.5 Å². The molecule has 0 bridgehead atoms. The molecular weight excluding hydrogens is 388 g/mol. The molecule has 1 atom stereocenters. The summed E-state index contributed by atoms with van der Waals surface area (Å²) >= 11 is 0. The summed E-state index contributed by atoms with van der Waals surface area (Å²) in [6.07, 6.45) is 5.48. The maximum atomic E-state index is 12.9. The summed E-state index contributed by atoms with van der Waals surface area (Å²) in [5.41, 5.74) is 4.43. The monoisotopic (exact) mass is 414 g/mol. The Balaban J connectivity index is 1.40. The number of likely N-dealkylation sites (tertiary alicyclic amines) is 1. The number of benzene rings is 1. The van der Waals surface area contributed by atoms with Gasteiger partial charge in [0.1, 0.15) is 5.82 Å². The molecule has 2 N–H and O–H groups in total. The molecule has 7 nitrogen and oxygen atoms in total. The molecule has 1 fully saturated rings. The number of anilines is 1. The number of nitrogens with one attached hydrogen (secondary N) is 2.